The lowest BCUT2D eigenvalue weighted by atomic mass is 9.80. The summed E-state index contributed by atoms with van der Waals surface area (Å²) in [6, 6.07) is 9.89. The first kappa shape index (κ1) is 14.2. The maximum absolute atomic E-state index is 10.8. The van der Waals surface area contributed by atoms with Crippen LogP contribution in [-0.2, 0) is 4.74 Å². The van der Waals surface area contributed by atoms with Crippen LogP contribution >= 0.6 is 0 Å². The van der Waals surface area contributed by atoms with Gasteiger partial charge in [0.15, 0.2) is 0 Å². The van der Waals surface area contributed by atoms with Gasteiger partial charge in [-0.3, -0.25) is 9.78 Å². The highest BCUT2D eigenvalue weighted by Crippen LogP contribution is 2.35. The molecule has 1 saturated carbocycles. The minimum atomic E-state index is 0.563. The maximum Gasteiger partial charge on any atom is 0.150 e. The molecule has 2 aromatic rings. The Kier molecular flexibility index (Phi) is 4.30. The van der Waals surface area contributed by atoms with Crippen molar-refractivity contribution >= 4 is 17.2 Å². The fraction of sp³-hybridized carbons (Fsp3) is 0.444. The highest BCUT2D eigenvalue weighted by molar-refractivity contribution is 5.86. The van der Waals surface area contributed by atoms with Crippen LogP contribution in [0.15, 0.2) is 30.3 Å². The number of carbonyl (C=O) groups excluding carboxylic acids is 1. The summed E-state index contributed by atoms with van der Waals surface area (Å²) >= 11 is 0. The van der Waals surface area contributed by atoms with Crippen LogP contribution in [-0.4, -0.2) is 25.0 Å². The second kappa shape index (κ2) is 6.35. The molecule has 3 nitrogen and oxygen atoms in total. The van der Waals surface area contributed by atoms with Crippen LogP contribution in [0.5, 0.6) is 0 Å². The molecular formula is C18H21NO2. The Hall–Kier alpha value is -1.74. The molecule has 110 valence electrons. The average molecular weight is 283 g/mol. The summed E-state index contributed by atoms with van der Waals surface area (Å²) < 4.78 is 5.26. The Labute approximate surface area is 125 Å². The van der Waals surface area contributed by atoms with E-state index >= 15 is 0 Å². The largest absolute Gasteiger partial charge is 0.384 e. The number of benzene rings is 1. The molecule has 3 heteroatoms. The van der Waals surface area contributed by atoms with Gasteiger partial charge in [-0.2, -0.15) is 0 Å². The molecule has 1 aliphatic carbocycles. The Morgan fingerprint density at radius 1 is 1.19 bits per heavy atom. The van der Waals surface area contributed by atoms with Crippen molar-refractivity contribution in [2.24, 2.45) is 5.92 Å². The number of carbonyl (C=O) groups is 1. The van der Waals surface area contributed by atoms with Crippen molar-refractivity contribution in [1.82, 2.24) is 4.98 Å². The molecule has 1 aliphatic rings. The zero-order chi connectivity index (χ0) is 14.7. The van der Waals surface area contributed by atoms with Gasteiger partial charge >= 0.3 is 0 Å². The van der Waals surface area contributed by atoms with E-state index < -0.39 is 0 Å². The zero-order valence-corrected chi connectivity index (χ0v) is 12.4. The molecule has 0 atom stereocenters. The summed E-state index contributed by atoms with van der Waals surface area (Å²) in [5.74, 6) is 1.27. The van der Waals surface area contributed by atoms with Gasteiger partial charge in [0, 0.05) is 36.3 Å². The van der Waals surface area contributed by atoms with Crippen LogP contribution in [0.2, 0.25) is 0 Å². The van der Waals surface area contributed by atoms with Crippen LogP contribution < -0.4 is 0 Å². The van der Waals surface area contributed by atoms with E-state index in [-0.39, 0.29) is 0 Å². The molecule has 0 bridgehead atoms. The third kappa shape index (κ3) is 3.13. The minimum Gasteiger partial charge on any atom is -0.384 e. The summed E-state index contributed by atoms with van der Waals surface area (Å²) in [5.41, 5.74) is 2.88. The number of nitrogens with zero attached hydrogens (tertiary/aromatic N) is 1. The van der Waals surface area contributed by atoms with Gasteiger partial charge in [0.25, 0.3) is 0 Å². The van der Waals surface area contributed by atoms with Gasteiger partial charge in [-0.15, -0.1) is 0 Å². The van der Waals surface area contributed by atoms with E-state index in [0.29, 0.717) is 17.4 Å². The van der Waals surface area contributed by atoms with Crippen LogP contribution in [0.3, 0.4) is 0 Å². The van der Waals surface area contributed by atoms with Crippen molar-refractivity contribution in [1.29, 1.82) is 0 Å². The molecule has 1 aromatic heterocycles. The Morgan fingerprint density at radius 3 is 2.71 bits per heavy atom. The van der Waals surface area contributed by atoms with Gasteiger partial charge in [0.05, 0.1) is 5.52 Å². The fourth-order valence-corrected chi connectivity index (χ4v) is 3.32. The second-order valence-corrected chi connectivity index (χ2v) is 5.98. The summed E-state index contributed by atoms with van der Waals surface area (Å²) in [7, 11) is 1.78. The van der Waals surface area contributed by atoms with Crippen molar-refractivity contribution in [3.63, 3.8) is 0 Å². The fourth-order valence-electron chi connectivity index (χ4n) is 3.32. The van der Waals surface area contributed by atoms with Gasteiger partial charge in [-0.05, 0) is 55.9 Å². The van der Waals surface area contributed by atoms with Gasteiger partial charge in [-0.25, -0.2) is 0 Å². The molecule has 0 spiro atoms. The molecule has 0 radical (unpaired) electrons. The molecule has 0 saturated heterocycles. The average Bonchev–Trinajstić information content (AvgIpc) is 2.55. The summed E-state index contributed by atoms with van der Waals surface area (Å²) in [4.78, 5) is 15.6. The highest BCUT2D eigenvalue weighted by atomic mass is 16.5. The van der Waals surface area contributed by atoms with E-state index in [2.05, 4.69) is 12.1 Å². The summed E-state index contributed by atoms with van der Waals surface area (Å²) in [6.07, 6.45) is 5.72. The van der Waals surface area contributed by atoms with E-state index in [0.717, 1.165) is 23.8 Å². The molecule has 21 heavy (non-hydrogen) atoms. The Balaban J connectivity index is 1.77. The Morgan fingerprint density at radius 2 is 2.00 bits per heavy atom. The topological polar surface area (TPSA) is 39.2 Å². The van der Waals surface area contributed by atoms with Crippen molar-refractivity contribution < 1.29 is 9.53 Å². The number of hydrogen-bond acceptors (Lipinski definition) is 3. The van der Waals surface area contributed by atoms with Gasteiger partial charge in [0.1, 0.15) is 6.29 Å². The normalized spacial score (nSPS) is 22.3. The number of rotatable bonds is 4. The number of aromatic nitrogens is 1. The number of methoxy groups -OCH3 is 1. The molecule has 1 heterocycles. The van der Waals surface area contributed by atoms with Gasteiger partial charge < -0.3 is 4.74 Å². The third-order valence-electron chi connectivity index (χ3n) is 4.54. The summed E-state index contributed by atoms with van der Waals surface area (Å²) in [5, 5.41) is 1.04. The van der Waals surface area contributed by atoms with Crippen molar-refractivity contribution in [2.45, 2.75) is 31.6 Å². The van der Waals surface area contributed by atoms with Crippen molar-refractivity contribution in [3.05, 3.63) is 41.6 Å². The van der Waals surface area contributed by atoms with E-state index in [1.165, 1.54) is 31.4 Å². The summed E-state index contributed by atoms with van der Waals surface area (Å²) in [6.45, 7) is 0.881. The predicted octanol–water partition coefficient (Wildman–Crippen LogP) is 3.97. The monoisotopic (exact) mass is 283 g/mol. The number of pyridine rings is 1. The lowest BCUT2D eigenvalue weighted by Crippen LogP contribution is -2.17. The second-order valence-electron chi connectivity index (χ2n) is 5.98. The van der Waals surface area contributed by atoms with E-state index in [9.17, 15) is 4.79 Å². The molecule has 0 unspecified atom stereocenters. The predicted molar refractivity (Wildman–Crippen MR) is 83.7 cm³/mol. The quantitative estimate of drug-likeness (QED) is 0.797. The maximum atomic E-state index is 10.8. The first-order valence-corrected chi connectivity index (χ1v) is 7.65. The van der Waals surface area contributed by atoms with Crippen LogP contribution in [0.25, 0.3) is 10.9 Å². The molecule has 0 aliphatic heterocycles. The third-order valence-corrected chi connectivity index (χ3v) is 4.54. The number of aldehydes is 1. The van der Waals surface area contributed by atoms with Gasteiger partial charge in [0.2, 0.25) is 0 Å². The first-order valence-electron chi connectivity index (χ1n) is 7.65. The standard InChI is InChI=1S/C18H21NO2/c1-21-12-13-2-5-15(6-3-13)17-9-7-16-10-14(11-20)4-8-18(16)19-17/h4,7-11,13,15H,2-3,5-6,12H2,1H3/t13-,15-. The van der Waals surface area contributed by atoms with E-state index in [1.54, 1.807) is 7.11 Å². The number of hydrogen-bond donors (Lipinski definition) is 0. The molecular weight excluding hydrogens is 262 g/mol. The zero-order valence-electron chi connectivity index (χ0n) is 12.4. The highest BCUT2D eigenvalue weighted by Gasteiger charge is 2.23. The van der Waals surface area contributed by atoms with Crippen LogP contribution in [0.4, 0.5) is 0 Å². The van der Waals surface area contributed by atoms with Crippen LogP contribution in [0, 0.1) is 5.92 Å². The van der Waals surface area contributed by atoms with E-state index in [4.69, 9.17) is 9.72 Å². The van der Waals surface area contributed by atoms with Gasteiger partial charge in [-0.1, -0.05) is 6.07 Å². The van der Waals surface area contributed by atoms with Crippen molar-refractivity contribution in [3.8, 4) is 0 Å². The lowest BCUT2D eigenvalue weighted by molar-refractivity contribution is 0.112. The molecule has 1 fully saturated rings. The molecule has 1 aromatic carbocycles. The number of fused-ring (bicyclic) bond motifs is 1. The SMILES string of the molecule is COC[C@H]1CC[C@H](c2ccc3cc(C=O)ccc3n2)CC1. The first-order chi connectivity index (χ1) is 10.3. The Bertz CT molecular complexity index is 630. The van der Waals surface area contributed by atoms with E-state index in [1.807, 2.05) is 18.2 Å². The molecule has 0 N–H and O–H groups in total. The minimum absolute atomic E-state index is 0.563. The van der Waals surface area contributed by atoms with Crippen molar-refractivity contribution in [2.75, 3.05) is 13.7 Å². The number of ether oxygens (including phenoxy) is 1. The smallest absolute Gasteiger partial charge is 0.150 e. The lowest BCUT2D eigenvalue weighted by Gasteiger charge is -2.27. The molecule has 3 rings (SSSR count). The van der Waals surface area contributed by atoms with Crippen LogP contribution in [0.1, 0.15) is 47.7 Å². The molecule has 0 amide bonds.